The Labute approximate surface area is 151 Å². The summed E-state index contributed by atoms with van der Waals surface area (Å²) in [4.78, 5) is 32.8. The molecular formula is C18H22N6O2. The second-order valence-corrected chi connectivity index (χ2v) is 6.70. The van der Waals surface area contributed by atoms with Crippen LogP contribution in [0.3, 0.4) is 0 Å². The molecule has 0 aliphatic carbocycles. The Morgan fingerprint density at radius 1 is 1.15 bits per heavy atom. The molecule has 2 aromatic rings. The van der Waals surface area contributed by atoms with E-state index in [1.54, 1.807) is 6.33 Å². The minimum Gasteiger partial charge on any atom is -0.345 e. The maximum Gasteiger partial charge on any atom is 0.252 e. The number of nitrogens with zero attached hydrogens (tertiary/aromatic N) is 5. The van der Waals surface area contributed by atoms with Gasteiger partial charge in [-0.05, 0) is 11.6 Å². The first-order valence-corrected chi connectivity index (χ1v) is 8.93. The fourth-order valence-electron chi connectivity index (χ4n) is 3.60. The summed E-state index contributed by atoms with van der Waals surface area (Å²) in [6.07, 6.45) is 3.58. The Balaban J connectivity index is 1.27. The van der Waals surface area contributed by atoms with E-state index >= 15 is 0 Å². The molecule has 26 heavy (non-hydrogen) atoms. The van der Waals surface area contributed by atoms with Crippen LogP contribution < -0.4 is 5.32 Å². The molecule has 1 aromatic carbocycles. The van der Waals surface area contributed by atoms with E-state index in [1.807, 2.05) is 33.8 Å². The fourth-order valence-corrected chi connectivity index (χ4v) is 3.60. The molecule has 2 aliphatic rings. The molecule has 136 valence electrons. The predicted molar refractivity (Wildman–Crippen MR) is 94.3 cm³/mol. The van der Waals surface area contributed by atoms with Crippen LogP contribution in [0.2, 0.25) is 0 Å². The smallest absolute Gasteiger partial charge is 0.252 e. The van der Waals surface area contributed by atoms with E-state index in [4.69, 9.17) is 0 Å². The lowest BCUT2D eigenvalue weighted by Gasteiger charge is -2.35. The molecule has 1 N–H and O–H groups in total. The van der Waals surface area contributed by atoms with Crippen molar-refractivity contribution < 1.29 is 9.59 Å². The summed E-state index contributed by atoms with van der Waals surface area (Å²) in [5.74, 6) is 0.0132. The number of amides is 2. The standard InChI is InChI=1S/C18H22N6O2/c25-17(11-16-14-3-1-2-4-15(14)18(26)21-16)23-8-5-22(6-9-23)7-10-24-13-19-12-20-24/h1-4,12-13,16H,5-11H2,(H,21,26)/t16-/m0/s1. The summed E-state index contributed by atoms with van der Waals surface area (Å²) in [7, 11) is 0. The third-order valence-electron chi connectivity index (χ3n) is 5.10. The second kappa shape index (κ2) is 7.25. The van der Waals surface area contributed by atoms with Crippen molar-refractivity contribution in [3.8, 4) is 0 Å². The fraction of sp³-hybridized carbons (Fsp3) is 0.444. The molecule has 0 saturated carbocycles. The maximum atomic E-state index is 12.7. The second-order valence-electron chi connectivity index (χ2n) is 6.70. The molecule has 3 heterocycles. The van der Waals surface area contributed by atoms with Gasteiger partial charge in [-0.25, -0.2) is 4.98 Å². The Kier molecular flexibility index (Phi) is 4.66. The molecule has 8 nitrogen and oxygen atoms in total. The number of hydrogen-bond donors (Lipinski definition) is 1. The Hall–Kier alpha value is -2.74. The van der Waals surface area contributed by atoms with Crippen LogP contribution in [0.15, 0.2) is 36.9 Å². The summed E-state index contributed by atoms with van der Waals surface area (Å²) in [6.45, 7) is 4.86. The third kappa shape index (κ3) is 3.45. The van der Waals surface area contributed by atoms with Gasteiger partial charge in [0.05, 0.1) is 19.0 Å². The topological polar surface area (TPSA) is 83.4 Å². The van der Waals surface area contributed by atoms with E-state index < -0.39 is 0 Å². The Bertz CT molecular complexity index is 783. The molecule has 1 fully saturated rings. The van der Waals surface area contributed by atoms with Crippen LogP contribution in [0.1, 0.15) is 28.4 Å². The predicted octanol–water partition coefficient (Wildman–Crippen LogP) is 0.297. The first kappa shape index (κ1) is 16.7. The van der Waals surface area contributed by atoms with Crippen molar-refractivity contribution in [2.75, 3.05) is 32.7 Å². The molecule has 4 rings (SSSR count). The minimum absolute atomic E-state index is 0.0867. The Morgan fingerprint density at radius 3 is 2.73 bits per heavy atom. The summed E-state index contributed by atoms with van der Waals surface area (Å²) in [5.41, 5.74) is 1.61. The molecule has 0 unspecified atom stereocenters. The average molecular weight is 354 g/mol. The number of piperazine rings is 1. The van der Waals surface area contributed by atoms with Crippen LogP contribution >= 0.6 is 0 Å². The summed E-state index contributed by atoms with van der Waals surface area (Å²) >= 11 is 0. The van der Waals surface area contributed by atoms with E-state index in [9.17, 15) is 9.59 Å². The van der Waals surface area contributed by atoms with Gasteiger partial charge in [0.1, 0.15) is 12.7 Å². The molecule has 0 radical (unpaired) electrons. The van der Waals surface area contributed by atoms with E-state index in [0.29, 0.717) is 12.0 Å². The van der Waals surface area contributed by atoms with Crippen LogP contribution in [-0.2, 0) is 11.3 Å². The third-order valence-corrected chi connectivity index (χ3v) is 5.10. The van der Waals surface area contributed by atoms with Gasteiger partial charge in [0.15, 0.2) is 0 Å². The van der Waals surface area contributed by atoms with Gasteiger partial charge in [-0.1, -0.05) is 18.2 Å². The zero-order valence-electron chi connectivity index (χ0n) is 14.5. The first-order valence-electron chi connectivity index (χ1n) is 8.93. The molecule has 1 atom stereocenters. The number of carbonyl (C=O) groups is 2. The van der Waals surface area contributed by atoms with E-state index in [-0.39, 0.29) is 17.9 Å². The van der Waals surface area contributed by atoms with Crippen LogP contribution in [0.5, 0.6) is 0 Å². The number of aromatic nitrogens is 3. The van der Waals surface area contributed by atoms with Crippen LogP contribution in [0.25, 0.3) is 0 Å². The lowest BCUT2D eigenvalue weighted by atomic mass is 10.0. The van der Waals surface area contributed by atoms with Crippen LogP contribution in [0, 0.1) is 0 Å². The van der Waals surface area contributed by atoms with Gasteiger partial charge in [-0.15, -0.1) is 0 Å². The number of fused-ring (bicyclic) bond motifs is 1. The highest BCUT2D eigenvalue weighted by Crippen LogP contribution is 2.28. The van der Waals surface area contributed by atoms with E-state index in [2.05, 4.69) is 20.3 Å². The van der Waals surface area contributed by atoms with Crippen LogP contribution in [0.4, 0.5) is 0 Å². The molecule has 1 aromatic heterocycles. The molecule has 0 bridgehead atoms. The number of nitrogens with one attached hydrogen (secondary N) is 1. The van der Waals surface area contributed by atoms with Crippen molar-refractivity contribution in [2.24, 2.45) is 0 Å². The summed E-state index contributed by atoms with van der Waals surface area (Å²) < 4.78 is 1.82. The summed E-state index contributed by atoms with van der Waals surface area (Å²) in [6, 6.07) is 7.28. The van der Waals surface area contributed by atoms with Crippen molar-refractivity contribution in [1.29, 1.82) is 0 Å². The zero-order chi connectivity index (χ0) is 17.9. The number of benzene rings is 1. The van der Waals surface area contributed by atoms with Crippen LogP contribution in [-0.4, -0.2) is 69.1 Å². The average Bonchev–Trinajstić information content (AvgIpc) is 3.29. The molecule has 8 heteroatoms. The van der Waals surface area contributed by atoms with Gasteiger partial charge in [-0.2, -0.15) is 5.10 Å². The lowest BCUT2D eigenvalue weighted by molar-refractivity contribution is -0.133. The molecule has 2 aliphatic heterocycles. The highest BCUT2D eigenvalue weighted by molar-refractivity contribution is 5.99. The van der Waals surface area contributed by atoms with Gasteiger partial charge in [0.2, 0.25) is 5.91 Å². The molecule has 2 amide bonds. The Morgan fingerprint density at radius 2 is 1.96 bits per heavy atom. The SMILES string of the molecule is O=C1N[C@@H](CC(=O)N2CCN(CCn3cncn3)CC2)c2ccccc21. The quantitative estimate of drug-likeness (QED) is 0.835. The largest absolute Gasteiger partial charge is 0.345 e. The molecular weight excluding hydrogens is 332 g/mol. The van der Waals surface area contributed by atoms with Gasteiger partial charge >= 0.3 is 0 Å². The van der Waals surface area contributed by atoms with E-state index in [1.165, 1.54) is 6.33 Å². The normalized spacial score (nSPS) is 20.1. The lowest BCUT2D eigenvalue weighted by Crippen LogP contribution is -2.49. The van der Waals surface area contributed by atoms with Gasteiger partial charge in [-0.3, -0.25) is 19.2 Å². The minimum atomic E-state index is -0.212. The highest BCUT2D eigenvalue weighted by Gasteiger charge is 2.31. The van der Waals surface area contributed by atoms with Gasteiger partial charge in [0.25, 0.3) is 5.91 Å². The first-order chi connectivity index (χ1) is 12.7. The molecule has 1 saturated heterocycles. The summed E-state index contributed by atoms with van der Waals surface area (Å²) in [5, 5.41) is 7.03. The number of carbonyl (C=O) groups excluding carboxylic acids is 2. The van der Waals surface area contributed by atoms with Crippen molar-refractivity contribution in [3.05, 3.63) is 48.0 Å². The van der Waals surface area contributed by atoms with E-state index in [0.717, 1.165) is 44.8 Å². The van der Waals surface area contributed by atoms with Crippen molar-refractivity contribution in [2.45, 2.75) is 19.0 Å². The van der Waals surface area contributed by atoms with Gasteiger partial charge < -0.3 is 10.2 Å². The van der Waals surface area contributed by atoms with Crippen molar-refractivity contribution in [1.82, 2.24) is 29.9 Å². The van der Waals surface area contributed by atoms with Crippen molar-refractivity contribution >= 4 is 11.8 Å². The van der Waals surface area contributed by atoms with Crippen molar-refractivity contribution in [3.63, 3.8) is 0 Å². The zero-order valence-corrected chi connectivity index (χ0v) is 14.5. The number of hydrogen-bond acceptors (Lipinski definition) is 5. The maximum absolute atomic E-state index is 12.7. The molecule has 0 spiro atoms. The monoisotopic (exact) mass is 354 g/mol. The number of rotatable bonds is 5. The van der Waals surface area contributed by atoms with Gasteiger partial charge in [0, 0.05) is 38.3 Å². The highest BCUT2D eigenvalue weighted by atomic mass is 16.2.